The van der Waals surface area contributed by atoms with Crippen LogP contribution in [0.5, 0.6) is 0 Å². The molecule has 0 fully saturated rings. The van der Waals surface area contributed by atoms with Gasteiger partial charge < -0.3 is 10.6 Å². The molecule has 0 heterocycles. The Labute approximate surface area is 132 Å². The van der Waals surface area contributed by atoms with Gasteiger partial charge in [0.1, 0.15) is 0 Å². The molecule has 110 valence electrons. The summed E-state index contributed by atoms with van der Waals surface area (Å²) in [4.78, 5) is 17.1. The number of halogens is 1. The van der Waals surface area contributed by atoms with Crippen molar-refractivity contribution in [3.8, 4) is 0 Å². The molecule has 21 heavy (non-hydrogen) atoms. The molecule has 2 aromatic carbocycles. The van der Waals surface area contributed by atoms with Crippen molar-refractivity contribution in [2.45, 2.75) is 13.8 Å². The summed E-state index contributed by atoms with van der Waals surface area (Å²) in [6.07, 6.45) is 0.279. The topological polar surface area (TPSA) is 64.3 Å². The van der Waals surface area contributed by atoms with E-state index in [0.717, 1.165) is 21.2 Å². The van der Waals surface area contributed by atoms with Crippen molar-refractivity contribution >= 4 is 21.9 Å². The summed E-state index contributed by atoms with van der Waals surface area (Å²) >= 11 is 3.35. The van der Waals surface area contributed by atoms with Crippen molar-refractivity contribution in [1.29, 1.82) is 0 Å². The second-order valence-corrected chi connectivity index (χ2v) is 5.65. The Bertz CT molecular complexity index is 641. The maximum absolute atomic E-state index is 12.0. The SMILES string of the molecule is Cc1ccc(C)c(C(=O)ON[C-](N)c2ccc(Br)cc2)c1. The molecule has 0 aliphatic rings. The Morgan fingerprint density at radius 1 is 1.19 bits per heavy atom. The van der Waals surface area contributed by atoms with E-state index in [1.807, 2.05) is 50.2 Å². The van der Waals surface area contributed by atoms with Gasteiger partial charge in [-0.25, -0.2) is 4.79 Å². The van der Waals surface area contributed by atoms with Gasteiger partial charge in [0, 0.05) is 0 Å². The molecule has 5 heteroatoms. The largest absolute Gasteiger partial charge is 0.373 e. The number of hydrogen-bond donors (Lipinski definition) is 2. The molecule has 0 bridgehead atoms. The molecule has 0 aliphatic carbocycles. The molecule has 2 aromatic rings. The normalized spacial score (nSPS) is 10.3. The predicted molar refractivity (Wildman–Crippen MR) is 85.1 cm³/mol. The lowest BCUT2D eigenvalue weighted by molar-refractivity contribution is 0.0279. The summed E-state index contributed by atoms with van der Waals surface area (Å²) in [7, 11) is 0. The summed E-state index contributed by atoms with van der Waals surface area (Å²) < 4.78 is 0.950. The van der Waals surface area contributed by atoms with E-state index in [0.29, 0.717) is 5.56 Å². The Morgan fingerprint density at radius 3 is 2.52 bits per heavy atom. The maximum Gasteiger partial charge on any atom is 0.356 e. The first-order valence-corrected chi connectivity index (χ1v) is 7.19. The van der Waals surface area contributed by atoms with E-state index >= 15 is 0 Å². The van der Waals surface area contributed by atoms with Gasteiger partial charge in [-0.15, -0.1) is 12.1 Å². The molecule has 0 amide bonds. The van der Waals surface area contributed by atoms with E-state index in [9.17, 15) is 4.79 Å². The molecule has 3 N–H and O–H groups in total. The summed E-state index contributed by atoms with van der Waals surface area (Å²) in [6, 6.07) is 13.0. The third-order valence-electron chi connectivity index (χ3n) is 3.02. The van der Waals surface area contributed by atoms with E-state index < -0.39 is 5.97 Å². The lowest BCUT2D eigenvalue weighted by Crippen LogP contribution is -2.32. The van der Waals surface area contributed by atoms with Crippen LogP contribution in [0.25, 0.3) is 0 Å². The van der Waals surface area contributed by atoms with Crippen molar-refractivity contribution < 1.29 is 9.63 Å². The number of carbonyl (C=O) groups excluding carboxylic acids is 1. The first-order valence-electron chi connectivity index (χ1n) is 6.40. The molecular weight excluding hydrogens is 332 g/mol. The van der Waals surface area contributed by atoms with Crippen molar-refractivity contribution in [3.05, 3.63) is 75.4 Å². The van der Waals surface area contributed by atoms with Gasteiger partial charge in [0.15, 0.2) is 0 Å². The van der Waals surface area contributed by atoms with Gasteiger partial charge in [0.05, 0.1) is 5.56 Å². The summed E-state index contributed by atoms with van der Waals surface area (Å²) in [5, 5.41) is 0. The highest BCUT2D eigenvalue weighted by Gasteiger charge is 2.11. The monoisotopic (exact) mass is 347 g/mol. The number of aryl methyl sites for hydroxylation is 2. The smallest absolute Gasteiger partial charge is 0.356 e. The minimum atomic E-state index is -0.462. The van der Waals surface area contributed by atoms with Crippen LogP contribution in [0, 0.1) is 20.0 Å². The van der Waals surface area contributed by atoms with Gasteiger partial charge >= 0.3 is 5.97 Å². The first-order chi connectivity index (χ1) is 9.97. The zero-order valence-electron chi connectivity index (χ0n) is 11.8. The van der Waals surface area contributed by atoms with Gasteiger partial charge in [0.25, 0.3) is 0 Å². The summed E-state index contributed by atoms with van der Waals surface area (Å²) in [5.74, 6) is -0.462. The van der Waals surface area contributed by atoms with Crippen LogP contribution in [-0.4, -0.2) is 5.97 Å². The van der Waals surface area contributed by atoms with Crippen molar-refractivity contribution in [3.63, 3.8) is 0 Å². The fourth-order valence-electron chi connectivity index (χ4n) is 1.80. The van der Waals surface area contributed by atoms with Crippen LogP contribution in [0.15, 0.2) is 46.9 Å². The van der Waals surface area contributed by atoms with Crippen molar-refractivity contribution in [2.75, 3.05) is 0 Å². The lowest BCUT2D eigenvalue weighted by Gasteiger charge is -2.21. The highest BCUT2D eigenvalue weighted by Crippen LogP contribution is 2.15. The molecule has 4 nitrogen and oxygen atoms in total. The van der Waals surface area contributed by atoms with Gasteiger partial charge in [-0.1, -0.05) is 33.6 Å². The van der Waals surface area contributed by atoms with E-state index in [1.165, 1.54) is 0 Å². The number of benzene rings is 2. The van der Waals surface area contributed by atoms with Gasteiger partial charge in [-0.3, -0.25) is 0 Å². The summed E-state index contributed by atoms with van der Waals surface area (Å²) in [5.41, 5.74) is 11.5. The second-order valence-electron chi connectivity index (χ2n) is 4.73. The average Bonchev–Trinajstić information content (AvgIpc) is 2.47. The second kappa shape index (κ2) is 6.76. The molecule has 0 radical (unpaired) electrons. The molecule has 0 saturated carbocycles. The van der Waals surface area contributed by atoms with Gasteiger partial charge in [0.2, 0.25) is 0 Å². The zero-order chi connectivity index (χ0) is 15.4. The minimum Gasteiger partial charge on any atom is -0.373 e. The number of nitrogens with one attached hydrogen (secondary N) is 1. The number of rotatable bonds is 4. The van der Waals surface area contributed by atoms with Gasteiger partial charge in [-0.05, 0) is 36.1 Å². The Kier molecular flexibility index (Phi) is 5.01. The van der Waals surface area contributed by atoms with E-state index in [4.69, 9.17) is 10.6 Å². The lowest BCUT2D eigenvalue weighted by atomic mass is 10.1. The standard InChI is InChI=1S/C16H16BrN2O2/c1-10-3-4-11(2)14(9-10)16(20)21-19-15(18)12-5-7-13(17)8-6-12/h3-9,19H,18H2,1-2H3/q-1. The molecular formula is C16H16BrN2O2-. The van der Waals surface area contributed by atoms with E-state index in [1.54, 1.807) is 6.07 Å². The third kappa shape index (κ3) is 4.07. The molecule has 0 unspecified atom stereocenters. The number of nitrogens with two attached hydrogens (primary N) is 1. The van der Waals surface area contributed by atoms with Crippen LogP contribution in [0.1, 0.15) is 27.0 Å². The molecule has 0 atom stereocenters. The maximum atomic E-state index is 12.0. The average molecular weight is 348 g/mol. The van der Waals surface area contributed by atoms with Crippen LogP contribution in [-0.2, 0) is 4.84 Å². The number of hydrogen-bond acceptors (Lipinski definition) is 4. The van der Waals surface area contributed by atoms with E-state index in [-0.39, 0.29) is 6.17 Å². The van der Waals surface area contributed by atoms with Crippen molar-refractivity contribution in [1.82, 2.24) is 5.48 Å². The summed E-state index contributed by atoms with van der Waals surface area (Å²) in [6.45, 7) is 3.78. The quantitative estimate of drug-likeness (QED) is 0.658. The van der Waals surface area contributed by atoms with Crippen LogP contribution < -0.4 is 11.2 Å². The molecule has 0 aromatic heterocycles. The van der Waals surface area contributed by atoms with Crippen LogP contribution in [0.3, 0.4) is 0 Å². The number of carbonyl (C=O) groups is 1. The Morgan fingerprint density at radius 2 is 1.86 bits per heavy atom. The highest BCUT2D eigenvalue weighted by atomic mass is 79.9. The van der Waals surface area contributed by atoms with Crippen LogP contribution >= 0.6 is 15.9 Å². The fraction of sp³-hybridized carbons (Fsp3) is 0.125. The number of hydroxylamine groups is 1. The third-order valence-corrected chi connectivity index (χ3v) is 3.55. The molecule has 0 spiro atoms. The molecule has 2 rings (SSSR count). The molecule has 0 saturated heterocycles. The highest BCUT2D eigenvalue weighted by molar-refractivity contribution is 9.10. The molecule has 0 aliphatic heterocycles. The first kappa shape index (κ1) is 15.6. The zero-order valence-corrected chi connectivity index (χ0v) is 13.4. The van der Waals surface area contributed by atoms with Crippen LogP contribution in [0.2, 0.25) is 0 Å². The Balaban J connectivity index is 2.00. The van der Waals surface area contributed by atoms with Crippen molar-refractivity contribution in [2.24, 2.45) is 5.73 Å². The predicted octanol–water partition coefficient (Wildman–Crippen LogP) is 3.22. The van der Waals surface area contributed by atoms with Gasteiger partial charge in [-0.2, -0.15) is 23.2 Å². The van der Waals surface area contributed by atoms with E-state index in [2.05, 4.69) is 21.4 Å². The Hall–Kier alpha value is -1.82. The van der Waals surface area contributed by atoms with Crippen LogP contribution in [0.4, 0.5) is 0 Å². The fourth-order valence-corrected chi connectivity index (χ4v) is 2.06. The minimum absolute atomic E-state index is 0.279.